The van der Waals surface area contributed by atoms with Crippen molar-refractivity contribution in [3.05, 3.63) is 0 Å². The molecule has 7 atom stereocenters. The Morgan fingerprint density at radius 1 is 0.727 bits per heavy atom. The van der Waals surface area contributed by atoms with Gasteiger partial charge in [-0.25, -0.2) is 0 Å². The van der Waals surface area contributed by atoms with Gasteiger partial charge in [-0.05, 0) is 47.8 Å². The van der Waals surface area contributed by atoms with Crippen molar-refractivity contribution in [3.63, 3.8) is 0 Å². The van der Waals surface area contributed by atoms with Gasteiger partial charge in [0.25, 0.3) is 0 Å². The molecule has 0 spiro atoms. The van der Waals surface area contributed by atoms with Crippen LogP contribution in [0.5, 0.6) is 0 Å². The topological polar surface area (TPSA) is 0 Å². The molecule has 11 heavy (non-hydrogen) atoms. The van der Waals surface area contributed by atoms with Crippen LogP contribution in [-0.2, 0) is 0 Å². The lowest BCUT2D eigenvalue weighted by molar-refractivity contribution is 0.241. The number of hydrogen-bond acceptors (Lipinski definition) is 0. The Balaban J connectivity index is 1.89. The second-order valence-corrected chi connectivity index (χ2v) is 5.30. The van der Waals surface area contributed by atoms with E-state index in [9.17, 15) is 0 Å². The highest BCUT2D eigenvalue weighted by atomic mass is 14.7. The van der Waals surface area contributed by atoms with E-state index in [1.165, 1.54) is 11.8 Å². The molecule has 3 aliphatic rings. The summed E-state index contributed by atoms with van der Waals surface area (Å²) >= 11 is 0. The summed E-state index contributed by atoms with van der Waals surface area (Å²) in [6, 6.07) is 0. The standard InChI is InChI=1S/C11H18/c1-5-6(2)10-7(3)11(10)9-4-8(5)9/h5-11H,4H2,1-3H3/t5?,6-,7?,8?,9?,10+,11?/m0/s1. The van der Waals surface area contributed by atoms with E-state index >= 15 is 0 Å². The van der Waals surface area contributed by atoms with Gasteiger partial charge in [0, 0.05) is 0 Å². The van der Waals surface area contributed by atoms with Gasteiger partial charge in [0.2, 0.25) is 0 Å². The summed E-state index contributed by atoms with van der Waals surface area (Å²) in [5.41, 5.74) is 0. The molecule has 0 heterocycles. The SMILES string of the molecule is CC1C2C3CC3C(C)[C@H](C)[C@H]12. The van der Waals surface area contributed by atoms with Crippen molar-refractivity contribution in [2.24, 2.45) is 41.4 Å². The van der Waals surface area contributed by atoms with Gasteiger partial charge in [-0.1, -0.05) is 20.8 Å². The molecule has 0 N–H and O–H groups in total. The zero-order valence-electron chi connectivity index (χ0n) is 7.75. The maximum atomic E-state index is 2.49. The van der Waals surface area contributed by atoms with Gasteiger partial charge in [-0.15, -0.1) is 0 Å². The molecule has 0 aliphatic heterocycles. The minimum Gasteiger partial charge on any atom is -0.0620 e. The number of fused-ring (bicyclic) bond motifs is 3. The van der Waals surface area contributed by atoms with Gasteiger partial charge in [0.15, 0.2) is 0 Å². The molecule has 0 aromatic rings. The van der Waals surface area contributed by atoms with Crippen LogP contribution in [0.2, 0.25) is 0 Å². The first kappa shape index (κ1) is 6.51. The van der Waals surface area contributed by atoms with E-state index in [1.807, 2.05) is 0 Å². The van der Waals surface area contributed by atoms with Crippen LogP contribution in [0.25, 0.3) is 0 Å². The summed E-state index contributed by atoms with van der Waals surface area (Å²) in [6.07, 6.45) is 1.58. The summed E-state index contributed by atoms with van der Waals surface area (Å²) in [5.74, 6) is 7.81. The summed E-state index contributed by atoms with van der Waals surface area (Å²) < 4.78 is 0. The van der Waals surface area contributed by atoms with Gasteiger partial charge >= 0.3 is 0 Å². The molecule has 0 saturated heterocycles. The minimum atomic E-state index is 1.04. The third-order valence-corrected chi connectivity index (χ3v) is 5.02. The summed E-state index contributed by atoms with van der Waals surface area (Å²) in [5, 5.41) is 0. The lowest BCUT2D eigenvalue weighted by atomic mass is 9.81. The third kappa shape index (κ3) is 0.625. The maximum Gasteiger partial charge on any atom is -0.0321 e. The zero-order valence-corrected chi connectivity index (χ0v) is 7.75. The number of rotatable bonds is 0. The molecule has 3 rings (SSSR count). The molecular formula is C11H18. The molecular weight excluding hydrogens is 132 g/mol. The highest BCUT2D eigenvalue weighted by molar-refractivity contribution is 5.14. The normalized spacial score (nSPS) is 71.7. The third-order valence-electron chi connectivity index (χ3n) is 5.02. The van der Waals surface area contributed by atoms with Crippen molar-refractivity contribution < 1.29 is 0 Å². The van der Waals surface area contributed by atoms with Crippen molar-refractivity contribution in [2.45, 2.75) is 27.2 Å². The van der Waals surface area contributed by atoms with Crippen molar-refractivity contribution in [1.82, 2.24) is 0 Å². The molecule has 62 valence electrons. The second kappa shape index (κ2) is 1.67. The Kier molecular flexibility index (Phi) is 0.990. The zero-order chi connectivity index (χ0) is 7.75. The van der Waals surface area contributed by atoms with E-state index in [-0.39, 0.29) is 0 Å². The van der Waals surface area contributed by atoms with Crippen LogP contribution in [-0.4, -0.2) is 0 Å². The molecule has 0 bridgehead atoms. The summed E-state index contributed by atoms with van der Waals surface area (Å²) in [4.78, 5) is 0. The highest BCUT2D eigenvalue weighted by Crippen LogP contribution is 2.71. The van der Waals surface area contributed by atoms with E-state index in [2.05, 4.69) is 20.8 Å². The first-order valence-corrected chi connectivity index (χ1v) is 5.22. The number of hydrogen-bond donors (Lipinski definition) is 0. The molecule has 3 fully saturated rings. The van der Waals surface area contributed by atoms with Crippen LogP contribution in [0.4, 0.5) is 0 Å². The Bertz CT molecular complexity index is 186. The lowest BCUT2D eigenvalue weighted by Crippen LogP contribution is -2.18. The van der Waals surface area contributed by atoms with Gasteiger partial charge in [0.05, 0.1) is 0 Å². The molecule has 0 aromatic carbocycles. The van der Waals surface area contributed by atoms with E-state index in [0.717, 1.165) is 29.6 Å². The van der Waals surface area contributed by atoms with E-state index in [4.69, 9.17) is 0 Å². The van der Waals surface area contributed by atoms with Gasteiger partial charge in [-0.3, -0.25) is 0 Å². The molecule has 3 saturated carbocycles. The fourth-order valence-electron chi connectivity index (χ4n) is 4.05. The van der Waals surface area contributed by atoms with Crippen molar-refractivity contribution in [2.75, 3.05) is 0 Å². The van der Waals surface area contributed by atoms with Crippen LogP contribution in [0.15, 0.2) is 0 Å². The van der Waals surface area contributed by atoms with Gasteiger partial charge in [0.1, 0.15) is 0 Å². The van der Waals surface area contributed by atoms with Crippen LogP contribution < -0.4 is 0 Å². The summed E-state index contributed by atoms with van der Waals surface area (Å²) in [7, 11) is 0. The van der Waals surface area contributed by atoms with E-state index in [1.54, 1.807) is 6.42 Å². The average molecular weight is 150 g/mol. The largest absolute Gasteiger partial charge is 0.0620 e. The first-order chi connectivity index (χ1) is 5.22. The predicted molar refractivity (Wildman–Crippen MR) is 46.1 cm³/mol. The van der Waals surface area contributed by atoms with Crippen molar-refractivity contribution >= 4 is 0 Å². The molecule has 5 unspecified atom stereocenters. The fourth-order valence-corrected chi connectivity index (χ4v) is 4.05. The lowest BCUT2D eigenvalue weighted by Gasteiger charge is -2.24. The molecule has 0 aromatic heterocycles. The molecule has 0 radical (unpaired) electrons. The average Bonchev–Trinajstić information content (AvgIpc) is 2.78. The molecule has 0 nitrogen and oxygen atoms in total. The van der Waals surface area contributed by atoms with Gasteiger partial charge in [-0.2, -0.15) is 0 Å². The Hall–Kier alpha value is 0. The van der Waals surface area contributed by atoms with E-state index < -0.39 is 0 Å². The Morgan fingerprint density at radius 3 is 2.18 bits per heavy atom. The van der Waals surface area contributed by atoms with Crippen LogP contribution >= 0.6 is 0 Å². The molecule has 3 aliphatic carbocycles. The minimum absolute atomic E-state index is 1.04. The monoisotopic (exact) mass is 150 g/mol. The van der Waals surface area contributed by atoms with E-state index in [0.29, 0.717) is 0 Å². The molecule has 0 amide bonds. The fraction of sp³-hybridized carbons (Fsp3) is 1.00. The van der Waals surface area contributed by atoms with Crippen LogP contribution in [0.1, 0.15) is 27.2 Å². The predicted octanol–water partition coefficient (Wildman–Crippen LogP) is 2.79. The highest BCUT2D eigenvalue weighted by Gasteiger charge is 2.66. The van der Waals surface area contributed by atoms with Crippen molar-refractivity contribution in [3.8, 4) is 0 Å². The summed E-state index contributed by atoms with van der Waals surface area (Å²) in [6.45, 7) is 7.44. The van der Waals surface area contributed by atoms with Gasteiger partial charge < -0.3 is 0 Å². The van der Waals surface area contributed by atoms with Crippen molar-refractivity contribution in [1.29, 1.82) is 0 Å². The quantitative estimate of drug-likeness (QED) is 0.498. The smallest absolute Gasteiger partial charge is 0.0321 e. The first-order valence-electron chi connectivity index (χ1n) is 5.22. The maximum absolute atomic E-state index is 2.49. The Labute approximate surface area is 69.4 Å². The van der Waals surface area contributed by atoms with Crippen LogP contribution in [0, 0.1) is 41.4 Å². The molecule has 0 heteroatoms. The Morgan fingerprint density at radius 2 is 1.45 bits per heavy atom. The van der Waals surface area contributed by atoms with Crippen LogP contribution in [0.3, 0.4) is 0 Å². The second-order valence-electron chi connectivity index (χ2n) is 5.30.